The largest absolute Gasteiger partial charge is 0.398 e. The van der Waals surface area contributed by atoms with E-state index in [0.717, 1.165) is 6.07 Å². The van der Waals surface area contributed by atoms with Crippen molar-refractivity contribution in [3.8, 4) is 12.1 Å². The second-order valence-corrected chi connectivity index (χ2v) is 2.73. The van der Waals surface area contributed by atoms with Crippen LogP contribution < -0.4 is 5.73 Å². The first-order valence-corrected chi connectivity index (χ1v) is 3.94. The summed E-state index contributed by atoms with van der Waals surface area (Å²) in [7, 11) is 0. The van der Waals surface area contributed by atoms with E-state index in [2.05, 4.69) is 0 Å². The lowest BCUT2D eigenvalue weighted by Gasteiger charge is -2.03. The summed E-state index contributed by atoms with van der Waals surface area (Å²) in [5, 5.41) is 27.9. The van der Waals surface area contributed by atoms with Gasteiger partial charge in [-0.25, -0.2) is 0 Å². The van der Waals surface area contributed by atoms with Crippen molar-refractivity contribution in [3.63, 3.8) is 0 Å². The molecule has 1 aromatic rings. The van der Waals surface area contributed by atoms with Gasteiger partial charge in [0.15, 0.2) is 0 Å². The maximum Gasteiger partial charge on any atom is 0.287 e. The molecule has 0 aromatic heterocycles. The van der Waals surface area contributed by atoms with Gasteiger partial charge >= 0.3 is 0 Å². The zero-order valence-electron chi connectivity index (χ0n) is 7.60. The van der Waals surface area contributed by atoms with E-state index in [0.29, 0.717) is 0 Å². The molecule has 2 N–H and O–H groups in total. The summed E-state index contributed by atoms with van der Waals surface area (Å²) in [6.07, 6.45) is -0.115. The summed E-state index contributed by atoms with van der Waals surface area (Å²) >= 11 is 0. The highest BCUT2D eigenvalue weighted by Crippen LogP contribution is 2.26. The molecule has 0 fully saturated rings. The quantitative estimate of drug-likeness (QED) is 0.438. The van der Waals surface area contributed by atoms with E-state index in [1.807, 2.05) is 6.07 Å². The van der Waals surface area contributed by atoms with Crippen LogP contribution in [0.3, 0.4) is 0 Å². The van der Waals surface area contributed by atoms with E-state index < -0.39 is 4.92 Å². The second-order valence-electron chi connectivity index (χ2n) is 2.73. The van der Waals surface area contributed by atoms with Gasteiger partial charge in [0.1, 0.15) is 11.6 Å². The van der Waals surface area contributed by atoms with E-state index in [9.17, 15) is 10.1 Å². The standard InChI is InChI=1S/C9H6N4O2/c10-4-3-6-7(5-11)9(13(14)15)2-1-8(6)12/h1-2H,3,12H2. The van der Waals surface area contributed by atoms with Gasteiger partial charge in [-0.1, -0.05) is 0 Å². The Morgan fingerprint density at radius 2 is 2.13 bits per heavy atom. The fourth-order valence-electron chi connectivity index (χ4n) is 1.20. The van der Waals surface area contributed by atoms with Gasteiger partial charge in [-0.05, 0) is 6.07 Å². The molecule has 0 radical (unpaired) electrons. The third-order valence-electron chi connectivity index (χ3n) is 1.89. The number of rotatable bonds is 2. The van der Waals surface area contributed by atoms with Crippen molar-refractivity contribution < 1.29 is 4.92 Å². The van der Waals surface area contributed by atoms with Crippen LogP contribution in [0.2, 0.25) is 0 Å². The maximum absolute atomic E-state index is 10.6. The number of nitriles is 2. The molecule has 0 bridgehead atoms. The van der Waals surface area contributed by atoms with Gasteiger partial charge in [0.25, 0.3) is 5.69 Å². The SMILES string of the molecule is N#CCc1c(N)ccc([N+](=O)[O-])c1C#N. The van der Waals surface area contributed by atoms with Gasteiger partial charge in [0.05, 0.1) is 17.4 Å². The number of nitrogen functional groups attached to an aromatic ring is 1. The molecule has 0 spiro atoms. The predicted octanol–water partition coefficient (Wildman–Crippen LogP) is 1.11. The van der Waals surface area contributed by atoms with E-state index >= 15 is 0 Å². The van der Waals surface area contributed by atoms with Gasteiger partial charge in [-0.2, -0.15) is 10.5 Å². The minimum atomic E-state index is -0.668. The van der Waals surface area contributed by atoms with Gasteiger partial charge < -0.3 is 5.73 Å². The molecule has 0 saturated carbocycles. The number of nitrogens with two attached hydrogens (primary N) is 1. The Morgan fingerprint density at radius 1 is 1.47 bits per heavy atom. The Bertz CT molecular complexity index is 496. The molecule has 0 aliphatic carbocycles. The Kier molecular flexibility index (Phi) is 2.85. The predicted molar refractivity (Wildman–Crippen MR) is 51.5 cm³/mol. The molecule has 15 heavy (non-hydrogen) atoms. The first kappa shape index (κ1) is 10.5. The average molecular weight is 202 g/mol. The number of benzene rings is 1. The molecule has 6 nitrogen and oxygen atoms in total. The molecule has 0 aliphatic heterocycles. The van der Waals surface area contributed by atoms with Crippen LogP contribution in [0.1, 0.15) is 11.1 Å². The first-order valence-electron chi connectivity index (χ1n) is 3.94. The fraction of sp³-hybridized carbons (Fsp3) is 0.111. The van der Waals surface area contributed by atoms with E-state index in [1.165, 1.54) is 6.07 Å². The lowest BCUT2D eigenvalue weighted by Crippen LogP contribution is -2.01. The first-order chi connectivity index (χ1) is 7.11. The Hall–Kier alpha value is -2.60. The smallest absolute Gasteiger partial charge is 0.287 e. The van der Waals surface area contributed by atoms with Crippen LogP contribution in [-0.4, -0.2) is 4.92 Å². The van der Waals surface area contributed by atoms with Crippen LogP contribution in [0, 0.1) is 32.8 Å². The highest BCUT2D eigenvalue weighted by molar-refractivity contribution is 5.64. The Balaban J connectivity index is 3.50. The van der Waals surface area contributed by atoms with Crippen molar-refractivity contribution in [1.29, 1.82) is 10.5 Å². The molecule has 6 heteroatoms. The fourth-order valence-corrected chi connectivity index (χ4v) is 1.20. The lowest BCUT2D eigenvalue weighted by atomic mass is 10.0. The number of nitrogens with zero attached hydrogens (tertiary/aromatic N) is 3. The van der Waals surface area contributed by atoms with Crippen LogP contribution in [0.15, 0.2) is 12.1 Å². The normalized spacial score (nSPS) is 8.93. The van der Waals surface area contributed by atoms with Crippen LogP contribution >= 0.6 is 0 Å². The van der Waals surface area contributed by atoms with Crippen LogP contribution in [0.4, 0.5) is 11.4 Å². The molecule has 0 aliphatic rings. The van der Waals surface area contributed by atoms with Gasteiger partial charge in [-0.3, -0.25) is 10.1 Å². The van der Waals surface area contributed by atoms with Gasteiger partial charge in [-0.15, -0.1) is 0 Å². The zero-order chi connectivity index (χ0) is 11.4. The third-order valence-corrected chi connectivity index (χ3v) is 1.89. The summed E-state index contributed by atoms with van der Waals surface area (Å²) in [4.78, 5) is 9.91. The Morgan fingerprint density at radius 3 is 2.60 bits per heavy atom. The van der Waals surface area contributed by atoms with Crippen molar-refractivity contribution in [1.82, 2.24) is 0 Å². The molecule has 0 heterocycles. The molecule has 0 saturated heterocycles. The summed E-state index contributed by atoms with van der Waals surface area (Å²) in [6, 6.07) is 6.00. The van der Waals surface area contributed by atoms with Crippen molar-refractivity contribution in [2.75, 3.05) is 5.73 Å². The van der Waals surface area contributed by atoms with E-state index in [4.69, 9.17) is 16.3 Å². The van der Waals surface area contributed by atoms with E-state index in [-0.39, 0.29) is 28.9 Å². The summed E-state index contributed by atoms with van der Waals surface area (Å²) in [5.74, 6) is 0. The van der Waals surface area contributed by atoms with Gasteiger partial charge in [0.2, 0.25) is 0 Å². The van der Waals surface area contributed by atoms with Gasteiger partial charge in [0, 0.05) is 17.3 Å². The monoisotopic (exact) mass is 202 g/mol. The lowest BCUT2D eigenvalue weighted by molar-refractivity contribution is -0.385. The second kappa shape index (κ2) is 4.07. The molecule has 1 rings (SSSR count). The van der Waals surface area contributed by atoms with Crippen LogP contribution in [-0.2, 0) is 6.42 Å². The molecule has 0 unspecified atom stereocenters. The van der Waals surface area contributed by atoms with E-state index in [1.54, 1.807) is 6.07 Å². The molecule has 1 aromatic carbocycles. The number of nitro benzene ring substituents is 1. The average Bonchev–Trinajstić information content (AvgIpc) is 2.20. The highest BCUT2D eigenvalue weighted by atomic mass is 16.6. The maximum atomic E-state index is 10.6. The highest BCUT2D eigenvalue weighted by Gasteiger charge is 2.19. The minimum Gasteiger partial charge on any atom is -0.398 e. The molecule has 74 valence electrons. The summed E-state index contributed by atoms with van der Waals surface area (Å²) in [6.45, 7) is 0. The molecule has 0 atom stereocenters. The number of hydrogen-bond donors (Lipinski definition) is 1. The van der Waals surface area contributed by atoms with Crippen LogP contribution in [0.25, 0.3) is 0 Å². The number of anilines is 1. The van der Waals surface area contributed by atoms with Crippen molar-refractivity contribution in [3.05, 3.63) is 33.4 Å². The zero-order valence-corrected chi connectivity index (χ0v) is 7.60. The van der Waals surface area contributed by atoms with Crippen LogP contribution in [0.5, 0.6) is 0 Å². The topological polar surface area (TPSA) is 117 Å². The van der Waals surface area contributed by atoms with Crippen molar-refractivity contribution in [2.45, 2.75) is 6.42 Å². The van der Waals surface area contributed by atoms with Crippen molar-refractivity contribution >= 4 is 11.4 Å². The molecular weight excluding hydrogens is 196 g/mol. The summed E-state index contributed by atoms with van der Waals surface area (Å²) in [5.41, 5.74) is 5.51. The number of hydrogen-bond acceptors (Lipinski definition) is 5. The third kappa shape index (κ3) is 1.84. The molecule has 0 amide bonds. The Labute approximate surface area is 85.3 Å². The van der Waals surface area contributed by atoms with Crippen molar-refractivity contribution in [2.24, 2.45) is 0 Å². The number of nitro groups is 1. The minimum absolute atomic E-state index is 0.115. The molecular formula is C9H6N4O2. The summed E-state index contributed by atoms with van der Waals surface area (Å²) < 4.78 is 0.